The molecule has 0 spiro atoms. The monoisotopic (exact) mass is 325 g/mol. The van der Waals surface area contributed by atoms with E-state index in [-0.39, 0.29) is 17.9 Å². The van der Waals surface area contributed by atoms with Crippen LogP contribution in [0.25, 0.3) is 0 Å². The first-order valence-corrected chi connectivity index (χ1v) is 8.32. The molecule has 1 heterocycles. The van der Waals surface area contributed by atoms with Crippen LogP contribution in [0.4, 0.5) is 8.78 Å². The lowest BCUT2D eigenvalue weighted by molar-refractivity contribution is -0.134. The van der Waals surface area contributed by atoms with Gasteiger partial charge in [-0.3, -0.25) is 4.79 Å². The van der Waals surface area contributed by atoms with Crippen molar-refractivity contribution in [3.05, 3.63) is 35.4 Å². The Balaban J connectivity index is 1.76. The van der Waals surface area contributed by atoms with Gasteiger partial charge in [0.1, 0.15) is 0 Å². The van der Waals surface area contributed by atoms with Crippen molar-refractivity contribution in [3.63, 3.8) is 0 Å². The third kappa shape index (κ3) is 4.50. The minimum atomic E-state index is -0.846. The highest BCUT2D eigenvalue weighted by Gasteiger charge is 2.33. The Bertz CT molecular complexity index is 534. The summed E-state index contributed by atoms with van der Waals surface area (Å²) in [5, 5.41) is 9.52. The number of hydrogen-bond donors (Lipinski definition) is 1. The van der Waals surface area contributed by atoms with Crippen molar-refractivity contribution in [1.29, 1.82) is 0 Å². The Morgan fingerprint density at radius 2 is 1.96 bits per heavy atom. The maximum absolute atomic E-state index is 13.1. The minimum Gasteiger partial charge on any atom is -0.396 e. The first-order chi connectivity index (χ1) is 11.0. The zero-order valence-electron chi connectivity index (χ0n) is 13.7. The zero-order chi connectivity index (χ0) is 16.9. The molecule has 0 aromatic heterocycles. The Hall–Kier alpha value is -1.49. The average Bonchev–Trinajstić information content (AvgIpc) is 2.58. The van der Waals surface area contributed by atoms with Crippen LogP contribution in [0.1, 0.15) is 44.6 Å². The summed E-state index contributed by atoms with van der Waals surface area (Å²) in [6.07, 6.45) is 4.22. The number of carbonyl (C=O) groups is 1. The van der Waals surface area contributed by atoms with Gasteiger partial charge in [-0.15, -0.1) is 0 Å². The Kier molecular flexibility index (Phi) is 6.10. The van der Waals surface area contributed by atoms with E-state index in [4.69, 9.17) is 0 Å². The van der Waals surface area contributed by atoms with E-state index >= 15 is 0 Å². The van der Waals surface area contributed by atoms with Crippen molar-refractivity contribution in [3.8, 4) is 0 Å². The summed E-state index contributed by atoms with van der Waals surface area (Å²) in [6, 6.07) is 3.87. The lowest BCUT2D eigenvalue weighted by atomic mass is 9.77. The molecular weight excluding hydrogens is 300 g/mol. The van der Waals surface area contributed by atoms with Crippen LogP contribution in [0.5, 0.6) is 0 Å². The number of piperidine rings is 1. The summed E-state index contributed by atoms with van der Waals surface area (Å²) in [5.74, 6) is -1.58. The normalized spacial score (nSPS) is 17.3. The number of benzene rings is 1. The molecule has 23 heavy (non-hydrogen) atoms. The van der Waals surface area contributed by atoms with Gasteiger partial charge < -0.3 is 10.0 Å². The van der Waals surface area contributed by atoms with Gasteiger partial charge >= 0.3 is 0 Å². The molecule has 2 rings (SSSR count). The second-order valence-electron chi connectivity index (χ2n) is 6.49. The summed E-state index contributed by atoms with van der Waals surface area (Å²) in [4.78, 5) is 14.1. The largest absolute Gasteiger partial charge is 0.396 e. The highest BCUT2D eigenvalue weighted by molar-refractivity contribution is 5.76. The Labute approximate surface area is 136 Å². The number of aliphatic hydroxyl groups is 1. The fourth-order valence-electron chi connectivity index (χ4n) is 3.15. The first-order valence-electron chi connectivity index (χ1n) is 8.32. The number of halogens is 2. The number of hydrogen-bond acceptors (Lipinski definition) is 2. The Morgan fingerprint density at radius 1 is 1.26 bits per heavy atom. The SMILES string of the molecule is CCC1(CO)CCN(C(=O)CCCc2ccc(F)c(F)c2)CC1. The predicted octanol–water partition coefficient (Wildman–Crippen LogP) is 3.30. The number of nitrogens with zero attached hydrogens (tertiary/aromatic N) is 1. The molecule has 0 atom stereocenters. The van der Waals surface area contributed by atoms with Gasteiger partial charge in [-0.25, -0.2) is 8.78 Å². The molecule has 1 aromatic carbocycles. The summed E-state index contributed by atoms with van der Waals surface area (Å²) in [5.41, 5.74) is 0.684. The van der Waals surface area contributed by atoms with E-state index in [1.54, 1.807) is 6.07 Å². The topological polar surface area (TPSA) is 40.5 Å². The summed E-state index contributed by atoms with van der Waals surface area (Å²) in [6.45, 7) is 3.65. The molecule has 0 bridgehead atoms. The smallest absolute Gasteiger partial charge is 0.222 e. The van der Waals surface area contributed by atoms with E-state index in [1.807, 2.05) is 4.90 Å². The molecule has 0 unspecified atom stereocenters. The number of carbonyl (C=O) groups excluding carboxylic acids is 1. The highest BCUT2D eigenvalue weighted by Crippen LogP contribution is 2.34. The second kappa shape index (κ2) is 7.86. The average molecular weight is 325 g/mol. The van der Waals surface area contributed by atoms with Crippen LogP contribution in [-0.4, -0.2) is 35.6 Å². The minimum absolute atomic E-state index is 0.0254. The molecule has 1 aliphatic rings. The van der Waals surface area contributed by atoms with E-state index in [9.17, 15) is 18.7 Å². The maximum Gasteiger partial charge on any atom is 0.222 e. The first kappa shape index (κ1) is 17.9. The van der Waals surface area contributed by atoms with Gasteiger partial charge in [0.2, 0.25) is 5.91 Å². The van der Waals surface area contributed by atoms with Crippen LogP contribution in [0.2, 0.25) is 0 Å². The van der Waals surface area contributed by atoms with Crippen molar-refractivity contribution in [2.45, 2.75) is 45.4 Å². The lowest BCUT2D eigenvalue weighted by Crippen LogP contribution is -2.44. The quantitative estimate of drug-likeness (QED) is 0.872. The van der Waals surface area contributed by atoms with Crippen LogP contribution >= 0.6 is 0 Å². The molecule has 1 amide bonds. The molecule has 0 aliphatic carbocycles. The van der Waals surface area contributed by atoms with E-state index in [2.05, 4.69) is 6.92 Å². The van der Waals surface area contributed by atoms with E-state index in [0.717, 1.165) is 25.3 Å². The van der Waals surface area contributed by atoms with Crippen molar-refractivity contribution < 1.29 is 18.7 Å². The molecule has 3 nitrogen and oxygen atoms in total. The molecular formula is C18H25F2NO2. The second-order valence-corrected chi connectivity index (χ2v) is 6.49. The van der Waals surface area contributed by atoms with E-state index < -0.39 is 11.6 Å². The Morgan fingerprint density at radius 3 is 2.52 bits per heavy atom. The summed E-state index contributed by atoms with van der Waals surface area (Å²) >= 11 is 0. The van der Waals surface area contributed by atoms with Crippen molar-refractivity contribution in [1.82, 2.24) is 4.90 Å². The van der Waals surface area contributed by atoms with Gasteiger partial charge in [-0.2, -0.15) is 0 Å². The van der Waals surface area contributed by atoms with E-state index in [0.29, 0.717) is 37.9 Å². The molecule has 1 aromatic rings. The molecule has 0 radical (unpaired) electrons. The van der Waals surface area contributed by atoms with Gasteiger partial charge in [0.15, 0.2) is 11.6 Å². The molecule has 5 heteroatoms. The predicted molar refractivity (Wildman–Crippen MR) is 84.9 cm³/mol. The standard InChI is InChI=1S/C18H25F2NO2/c1-2-18(13-22)8-10-21(11-9-18)17(23)5-3-4-14-6-7-15(19)16(20)12-14/h6-7,12,22H,2-5,8-11,13H2,1H3. The summed E-state index contributed by atoms with van der Waals surface area (Å²) < 4.78 is 26.0. The number of amides is 1. The van der Waals surface area contributed by atoms with E-state index in [1.165, 1.54) is 6.07 Å². The fraction of sp³-hybridized carbons (Fsp3) is 0.611. The molecule has 128 valence electrons. The highest BCUT2D eigenvalue weighted by atomic mass is 19.2. The number of aryl methyl sites for hydroxylation is 1. The zero-order valence-corrected chi connectivity index (χ0v) is 13.7. The van der Waals surface area contributed by atoms with Crippen LogP contribution in [0.15, 0.2) is 18.2 Å². The number of rotatable bonds is 6. The molecule has 0 saturated carbocycles. The number of likely N-dealkylation sites (tertiary alicyclic amines) is 1. The van der Waals surface area contributed by atoms with Crippen LogP contribution in [0.3, 0.4) is 0 Å². The molecule has 1 aliphatic heterocycles. The van der Waals surface area contributed by atoms with Gasteiger partial charge in [-0.1, -0.05) is 13.0 Å². The van der Waals surface area contributed by atoms with Gasteiger partial charge in [0.05, 0.1) is 0 Å². The van der Waals surface area contributed by atoms with Crippen molar-refractivity contribution in [2.24, 2.45) is 5.41 Å². The molecule has 1 fully saturated rings. The molecule has 1 N–H and O–H groups in total. The lowest BCUT2D eigenvalue weighted by Gasteiger charge is -2.40. The number of aliphatic hydroxyl groups excluding tert-OH is 1. The van der Waals surface area contributed by atoms with Crippen molar-refractivity contribution >= 4 is 5.91 Å². The van der Waals surface area contributed by atoms with Crippen LogP contribution < -0.4 is 0 Å². The van der Waals surface area contributed by atoms with Gasteiger partial charge in [0, 0.05) is 26.1 Å². The van der Waals surface area contributed by atoms with Gasteiger partial charge in [-0.05, 0) is 55.2 Å². The maximum atomic E-state index is 13.1. The van der Waals surface area contributed by atoms with Gasteiger partial charge in [0.25, 0.3) is 0 Å². The van der Waals surface area contributed by atoms with Crippen LogP contribution in [-0.2, 0) is 11.2 Å². The third-order valence-corrected chi connectivity index (χ3v) is 5.10. The molecule has 1 saturated heterocycles. The third-order valence-electron chi connectivity index (χ3n) is 5.10. The van der Waals surface area contributed by atoms with Crippen molar-refractivity contribution in [2.75, 3.05) is 19.7 Å². The fourth-order valence-corrected chi connectivity index (χ4v) is 3.15. The summed E-state index contributed by atoms with van der Waals surface area (Å²) in [7, 11) is 0. The van der Waals surface area contributed by atoms with Crippen LogP contribution in [0, 0.1) is 17.0 Å².